The highest BCUT2D eigenvalue weighted by Gasteiger charge is 2.36. The summed E-state index contributed by atoms with van der Waals surface area (Å²) in [5, 5.41) is 19.6. The number of nitro groups is 1. The third-order valence-electron chi connectivity index (χ3n) is 1.82. The average Bonchev–Trinajstić information content (AvgIpc) is 2.30. The van der Waals surface area contributed by atoms with Crippen molar-refractivity contribution < 1.29 is 10.0 Å². The Morgan fingerprint density at radius 2 is 2.50 bits per heavy atom. The van der Waals surface area contributed by atoms with E-state index in [0.717, 1.165) is 0 Å². The third kappa shape index (κ3) is 1.38. The molecule has 0 spiro atoms. The van der Waals surface area contributed by atoms with Gasteiger partial charge in [-0.25, -0.2) is 0 Å². The summed E-state index contributed by atoms with van der Waals surface area (Å²) in [5.74, 6) is 0.520. The summed E-state index contributed by atoms with van der Waals surface area (Å²) >= 11 is 0. The number of amidine groups is 1. The molecule has 1 rings (SSSR count). The molecule has 0 amide bonds. The summed E-state index contributed by atoms with van der Waals surface area (Å²) < 4.78 is 0. The van der Waals surface area contributed by atoms with E-state index in [-0.39, 0.29) is 6.54 Å². The molecular weight excluding hydrogens is 162 g/mol. The molecule has 0 bridgehead atoms. The van der Waals surface area contributed by atoms with E-state index < -0.39 is 17.3 Å². The molecule has 12 heavy (non-hydrogen) atoms. The Labute approximate surface area is 69.7 Å². The van der Waals surface area contributed by atoms with Crippen LogP contribution in [0.25, 0.3) is 0 Å². The minimum absolute atomic E-state index is 0.129. The lowest BCUT2D eigenvalue weighted by Gasteiger charge is -2.23. The molecule has 1 aliphatic rings. The predicted octanol–water partition coefficient (Wildman–Crippen LogP) is -0.338. The molecular formula is C6H11N3O3. The monoisotopic (exact) mass is 173 g/mol. The van der Waals surface area contributed by atoms with Gasteiger partial charge in [0, 0.05) is 4.92 Å². The van der Waals surface area contributed by atoms with Gasteiger partial charge in [0.05, 0.1) is 0 Å². The van der Waals surface area contributed by atoms with Crippen molar-refractivity contribution >= 4 is 5.84 Å². The van der Waals surface area contributed by atoms with Crippen LogP contribution >= 0.6 is 0 Å². The molecule has 2 unspecified atom stereocenters. The van der Waals surface area contributed by atoms with Gasteiger partial charge < -0.3 is 5.11 Å². The molecule has 6 heteroatoms. The highest BCUT2D eigenvalue weighted by Crippen LogP contribution is 2.13. The van der Waals surface area contributed by atoms with Gasteiger partial charge in [-0.15, -0.1) is 0 Å². The lowest BCUT2D eigenvalue weighted by Crippen LogP contribution is -2.46. The van der Waals surface area contributed by atoms with Crippen molar-refractivity contribution in [1.29, 1.82) is 0 Å². The molecule has 0 aliphatic carbocycles. The van der Waals surface area contributed by atoms with Crippen LogP contribution in [0, 0.1) is 10.1 Å². The SMILES string of the molecule is CC1=NCC([N+](=O)[O-])N1C(C)O. The van der Waals surface area contributed by atoms with E-state index in [4.69, 9.17) is 0 Å². The second-order valence-electron chi connectivity index (χ2n) is 2.69. The number of hydrogen-bond acceptors (Lipinski definition) is 5. The van der Waals surface area contributed by atoms with E-state index in [9.17, 15) is 15.2 Å². The van der Waals surface area contributed by atoms with Crippen LogP contribution in [0.2, 0.25) is 0 Å². The van der Waals surface area contributed by atoms with Crippen molar-refractivity contribution in [3.63, 3.8) is 0 Å². The standard InChI is InChI=1S/C6H11N3O3/c1-4-7-3-6(9(11)12)8(4)5(2)10/h5-6,10H,3H2,1-2H3. The normalized spacial score (nSPS) is 25.4. The first-order chi connectivity index (χ1) is 5.54. The Kier molecular flexibility index (Phi) is 2.27. The van der Waals surface area contributed by atoms with Crippen LogP contribution in [0.15, 0.2) is 4.99 Å². The molecule has 0 aromatic heterocycles. The van der Waals surface area contributed by atoms with E-state index in [1.54, 1.807) is 6.92 Å². The van der Waals surface area contributed by atoms with E-state index in [1.807, 2.05) is 0 Å². The molecule has 0 saturated carbocycles. The van der Waals surface area contributed by atoms with Crippen LogP contribution in [-0.4, -0.2) is 39.7 Å². The minimum atomic E-state index is -0.898. The number of aliphatic hydroxyl groups is 1. The summed E-state index contributed by atoms with van der Waals surface area (Å²) in [6.07, 6.45) is -1.75. The molecule has 68 valence electrons. The van der Waals surface area contributed by atoms with Gasteiger partial charge in [-0.05, 0) is 13.8 Å². The van der Waals surface area contributed by atoms with E-state index in [0.29, 0.717) is 5.84 Å². The first kappa shape index (κ1) is 8.92. The lowest BCUT2D eigenvalue weighted by molar-refractivity contribution is -0.543. The number of aliphatic hydroxyl groups excluding tert-OH is 1. The molecule has 0 aromatic rings. The summed E-state index contributed by atoms with van der Waals surface area (Å²) in [5.41, 5.74) is 0. The van der Waals surface area contributed by atoms with Crippen LogP contribution in [-0.2, 0) is 0 Å². The Balaban J connectivity index is 2.77. The van der Waals surface area contributed by atoms with Gasteiger partial charge in [-0.1, -0.05) is 0 Å². The van der Waals surface area contributed by atoms with Crippen LogP contribution in [0.1, 0.15) is 13.8 Å². The van der Waals surface area contributed by atoms with Crippen LogP contribution < -0.4 is 0 Å². The van der Waals surface area contributed by atoms with Gasteiger partial charge in [0.15, 0.2) is 0 Å². The maximum atomic E-state index is 10.4. The van der Waals surface area contributed by atoms with Crippen molar-refractivity contribution in [2.45, 2.75) is 26.2 Å². The Hall–Kier alpha value is -1.17. The fourth-order valence-electron chi connectivity index (χ4n) is 1.29. The molecule has 0 aromatic carbocycles. The predicted molar refractivity (Wildman–Crippen MR) is 42.3 cm³/mol. The van der Waals surface area contributed by atoms with Crippen molar-refractivity contribution in [2.24, 2.45) is 4.99 Å². The molecule has 1 N–H and O–H groups in total. The minimum Gasteiger partial charge on any atom is -0.374 e. The Morgan fingerprint density at radius 1 is 1.92 bits per heavy atom. The van der Waals surface area contributed by atoms with Crippen LogP contribution in [0.4, 0.5) is 0 Å². The largest absolute Gasteiger partial charge is 0.374 e. The maximum absolute atomic E-state index is 10.4. The zero-order valence-corrected chi connectivity index (χ0v) is 6.97. The quantitative estimate of drug-likeness (QED) is 0.457. The third-order valence-corrected chi connectivity index (χ3v) is 1.82. The van der Waals surface area contributed by atoms with Gasteiger partial charge in [0.2, 0.25) is 0 Å². The lowest BCUT2D eigenvalue weighted by atomic mass is 10.4. The first-order valence-corrected chi connectivity index (χ1v) is 3.65. The zero-order valence-electron chi connectivity index (χ0n) is 6.97. The molecule has 0 saturated heterocycles. The van der Waals surface area contributed by atoms with Crippen molar-refractivity contribution in [2.75, 3.05) is 6.54 Å². The molecule has 1 heterocycles. The summed E-state index contributed by atoms with van der Waals surface area (Å²) in [4.78, 5) is 15.2. The van der Waals surface area contributed by atoms with Gasteiger partial charge in [-0.3, -0.25) is 20.0 Å². The van der Waals surface area contributed by atoms with Crippen molar-refractivity contribution in [3.8, 4) is 0 Å². The van der Waals surface area contributed by atoms with E-state index in [2.05, 4.69) is 4.99 Å². The molecule has 1 aliphatic heterocycles. The van der Waals surface area contributed by atoms with E-state index >= 15 is 0 Å². The zero-order chi connectivity index (χ0) is 9.30. The molecule has 0 fully saturated rings. The highest BCUT2D eigenvalue weighted by molar-refractivity contribution is 5.81. The van der Waals surface area contributed by atoms with Crippen molar-refractivity contribution in [3.05, 3.63) is 10.1 Å². The van der Waals surface area contributed by atoms with Gasteiger partial charge in [-0.2, -0.15) is 0 Å². The second kappa shape index (κ2) is 3.06. The fraction of sp³-hybridized carbons (Fsp3) is 0.833. The highest BCUT2D eigenvalue weighted by atomic mass is 16.6. The second-order valence-corrected chi connectivity index (χ2v) is 2.69. The molecule has 2 atom stereocenters. The fourth-order valence-corrected chi connectivity index (χ4v) is 1.29. The topological polar surface area (TPSA) is 79.0 Å². The first-order valence-electron chi connectivity index (χ1n) is 3.65. The number of rotatable bonds is 2. The average molecular weight is 173 g/mol. The van der Waals surface area contributed by atoms with Crippen LogP contribution in [0.5, 0.6) is 0 Å². The molecule has 6 nitrogen and oxygen atoms in total. The van der Waals surface area contributed by atoms with E-state index in [1.165, 1.54) is 11.8 Å². The van der Waals surface area contributed by atoms with Gasteiger partial charge >= 0.3 is 6.17 Å². The number of hydrogen-bond donors (Lipinski definition) is 1. The summed E-state index contributed by atoms with van der Waals surface area (Å²) in [7, 11) is 0. The number of nitrogens with zero attached hydrogens (tertiary/aromatic N) is 3. The number of aliphatic imine (C=N–C) groups is 1. The Morgan fingerprint density at radius 3 is 2.83 bits per heavy atom. The smallest absolute Gasteiger partial charge is 0.309 e. The maximum Gasteiger partial charge on any atom is 0.309 e. The summed E-state index contributed by atoms with van der Waals surface area (Å²) in [6, 6.07) is 0. The van der Waals surface area contributed by atoms with Gasteiger partial charge in [0.1, 0.15) is 18.6 Å². The molecule has 0 radical (unpaired) electrons. The van der Waals surface area contributed by atoms with Crippen LogP contribution in [0.3, 0.4) is 0 Å². The van der Waals surface area contributed by atoms with Gasteiger partial charge in [0.25, 0.3) is 0 Å². The Bertz CT molecular complexity index is 226. The van der Waals surface area contributed by atoms with Crippen molar-refractivity contribution in [1.82, 2.24) is 4.90 Å². The summed E-state index contributed by atoms with van der Waals surface area (Å²) in [6.45, 7) is 3.26.